The van der Waals surface area contributed by atoms with Gasteiger partial charge in [0.1, 0.15) is 10.8 Å². The van der Waals surface area contributed by atoms with Crippen molar-refractivity contribution in [2.75, 3.05) is 26.3 Å². The Hall–Kier alpha value is -2.91. The van der Waals surface area contributed by atoms with Crippen LogP contribution in [-0.4, -0.2) is 42.2 Å². The molecule has 9 heteroatoms. The van der Waals surface area contributed by atoms with Gasteiger partial charge in [0.05, 0.1) is 12.2 Å². The predicted octanol–water partition coefficient (Wildman–Crippen LogP) is 5.37. The molecular formula is C25H25F3N2O3S. The third kappa shape index (κ3) is 6.15. The molecule has 0 unspecified atom stereocenters. The number of ether oxygens (including phenoxy) is 2. The number of thiazole rings is 1. The normalized spacial score (nSPS) is 14.4. The fourth-order valence-electron chi connectivity index (χ4n) is 3.88. The van der Waals surface area contributed by atoms with Crippen LogP contribution < -0.4 is 4.74 Å². The molecule has 5 nitrogen and oxygen atoms in total. The lowest BCUT2D eigenvalue weighted by molar-refractivity contribution is -0.145. The van der Waals surface area contributed by atoms with Crippen molar-refractivity contribution in [2.45, 2.75) is 32.5 Å². The quantitative estimate of drug-likeness (QED) is 0.417. The van der Waals surface area contributed by atoms with Crippen molar-refractivity contribution < 1.29 is 27.4 Å². The van der Waals surface area contributed by atoms with Gasteiger partial charge >= 0.3 is 12.1 Å². The number of halogens is 3. The van der Waals surface area contributed by atoms with Gasteiger partial charge in [-0.25, -0.2) is 9.78 Å². The zero-order chi connectivity index (χ0) is 24.1. The van der Waals surface area contributed by atoms with Crippen LogP contribution in [0.4, 0.5) is 13.2 Å². The summed E-state index contributed by atoms with van der Waals surface area (Å²) in [6.45, 7) is 4.47. The van der Waals surface area contributed by atoms with Gasteiger partial charge in [-0.15, -0.1) is 11.3 Å². The highest BCUT2D eigenvalue weighted by molar-refractivity contribution is 7.15. The van der Waals surface area contributed by atoms with Crippen molar-refractivity contribution in [1.29, 1.82) is 0 Å². The summed E-state index contributed by atoms with van der Waals surface area (Å²) >= 11 is 1.50. The molecule has 180 valence electrons. The highest BCUT2D eigenvalue weighted by Gasteiger charge is 2.30. The van der Waals surface area contributed by atoms with Crippen molar-refractivity contribution in [1.82, 2.24) is 9.88 Å². The van der Waals surface area contributed by atoms with E-state index in [1.54, 1.807) is 13.1 Å². The topological polar surface area (TPSA) is 51.7 Å². The number of hydrogen-bond acceptors (Lipinski definition) is 6. The van der Waals surface area contributed by atoms with Crippen LogP contribution >= 0.6 is 11.3 Å². The fourth-order valence-corrected chi connectivity index (χ4v) is 4.84. The average Bonchev–Trinajstić information content (AvgIpc) is 3.19. The lowest BCUT2D eigenvalue weighted by atomic mass is 10.0. The maximum atomic E-state index is 12.8. The predicted molar refractivity (Wildman–Crippen MR) is 124 cm³/mol. The number of fused-ring (bicyclic) bond motifs is 1. The van der Waals surface area contributed by atoms with E-state index in [-0.39, 0.29) is 12.6 Å². The number of aromatic nitrogens is 1. The first kappa shape index (κ1) is 24.2. The van der Waals surface area contributed by atoms with Gasteiger partial charge in [0.15, 0.2) is 6.61 Å². The fraction of sp³-hybridized carbons (Fsp3) is 0.360. The molecule has 0 bridgehead atoms. The smallest absolute Gasteiger partial charge is 0.416 e. The molecule has 0 fully saturated rings. The van der Waals surface area contributed by atoms with E-state index in [1.165, 1.54) is 34.6 Å². The van der Waals surface area contributed by atoms with Crippen LogP contribution in [0.1, 0.15) is 28.5 Å². The Bertz CT molecular complexity index is 1130. The first-order valence-electron chi connectivity index (χ1n) is 11.1. The van der Waals surface area contributed by atoms with Crippen LogP contribution in [0.3, 0.4) is 0 Å². The minimum Gasteiger partial charge on any atom is -0.482 e. The Morgan fingerprint density at radius 1 is 1.09 bits per heavy atom. The Morgan fingerprint density at radius 2 is 1.82 bits per heavy atom. The number of hydrogen-bond donors (Lipinski definition) is 0. The molecular weight excluding hydrogens is 465 g/mol. The average molecular weight is 491 g/mol. The highest BCUT2D eigenvalue weighted by atomic mass is 32.1. The third-order valence-corrected chi connectivity index (χ3v) is 6.66. The van der Waals surface area contributed by atoms with Gasteiger partial charge in [-0.2, -0.15) is 13.2 Å². The van der Waals surface area contributed by atoms with Gasteiger partial charge in [-0.3, -0.25) is 4.90 Å². The molecule has 0 amide bonds. The van der Waals surface area contributed by atoms with E-state index < -0.39 is 11.7 Å². The first-order valence-corrected chi connectivity index (χ1v) is 11.9. The van der Waals surface area contributed by atoms with E-state index in [2.05, 4.69) is 16.0 Å². The maximum Gasteiger partial charge on any atom is 0.416 e. The van der Waals surface area contributed by atoms with Crippen molar-refractivity contribution in [2.24, 2.45) is 0 Å². The third-order valence-electron chi connectivity index (χ3n) is 5.63. The lowest BCUT2D eigenvalue weighted by Crippen LogP contribution is -2.25. The molecule has 0 saturated carbocycles. The zero-order valence-electron chi connectivity index (χ0n) is 18.7. The number of rotatable bonds is 7. The van der Waals surface area contributed by atoms with E-state index in [1.807, 2.05) is 12.1 Å². The van der Waals surface area contributed by atoms with E-state index in [0.717, 1.165) is 49.5 Å². The van der Waals surface area contributed by atoms with Crippen molar-refractivity contribution in [3.05, 3.63) is 70.2 Å². The van der Waals surface area contributed by atoms with Crippen LogP contribution in [0, 0.1) is 0 Å². The number of nitrogens with zero attached hydrogens (tertiary/aromatic N) is 2. The van der Waals surface area contributed by atoms with Crippen molar-refractivity contribution in [3.8, 4) is 16.3 Å². The molecule has 4 rings (SSSR count). The van der Waals surface area contributed by atoms with Crippen LogP contribution in [-0.2, 0) is 35.1 Å². The zero-order valence-corrected chi connectivity index (χ0v) is 19.5. The molecule has 2 heterocycles. The number of carbonyl (C=O) groups is 1. The van der Waals surface area contributed by atoms with Gasteiger partial charge in [-0.05, 0) is 55.2 Å². The van der Waals surface area contributed by atoms with Crippen LogP contribution in [0.25, 0.3) is 10.6 Å². The summed E-state index contributed by atoms with van der Waals surface area (Å²) in [6, 6.07) is 11.0. The molecule has 1 aliphatic heterocycles. The number of alkyl halides is 3. The van der Waals surface area contributed by atoms with Crippen molar-refractivity contribution in [3.63, 3.8) is 0 Å². The Kier molecular flexibility index (Phi) is 7.53. The largest absolute Gasteiger partial charge is 0.482 e. The standard InChI is InChI=1S/C25H25F3N2O3S/c1-2-32-23(31)16-33-21-8-5-17-9-11-30(12-10-19(17)13-21)15-22-14-29-24(34-22)18-3-6-20(7-4-18)25(26,27)28/h3-8,13-14H,2,9-12,15-16H2,1H3. The molecule has 0 radical (unpaired) electrons. The summed E-state index contributed by atoms with van der Waals surface area (Å²) in [7, 11) is 0. The molecule has 1 aromatic heterocycles. The Labute approximate surface area is 200 Å². The second-order valence-corrected chi connectivity index (χ2v) is 9.12. The van der Waals surface area contributed by atoms with E-state index in [9.17, 15) is 18.0 Å². The summed E-state index contributed by atoms with van der Waals surface area (Å²) < 4.78 is 48.8. The number of benzene rings is 2. The van der Waals surface area contributed by atoms with Crippen LogP contribution in [0.2, 0.25) is 0 Å². The molecule has 0 spiro atoms. The van der Waals surface area contributed by atoms with Crippen molar-refractivity contribution >= 4 is 17.3 Å². The first-order chi connectivity index (χ1) is 16.3. The second-order valence-electron chi connectivity index (χ2n) is 8.01. The Balaban J connectivity index is 1.35. The van der Waals surface area contributed by atoms with Gasteiger partial charge < -0.3 is 9.47 Å². The SMILES string of the molecule is CCOC(=O)COc1ccc2c(c1)CCN(Cc1cnc(-c3ccc(C(F)(F)F)cc3)s1)CC2. The lowest BCUT2D eigenvalue weighted by Gasteiger charge is -2.18. The molecule has 0 atom stereocenters. The molecule has 0 saturated heterocycles. The minimum atomic E-state index is -4.34. The molecule has 0 N–H and O–H groups in total. The molecule has 1 aliphatic rings. The minimum absolute atomic E-state index is 0.106. The summed E-state index contributed by atoms with van der Waals surface area (Å²) in [5.74, 6) is 0.271. The van der Waals surface area contributed by atoms with Crippen LogP contribution in [0.15, 0.2) is 48.7 Å². The molecule has 0 aliphatic carbocycles. The van der Waals surface area contributed by atoms with Gasteiger partial charge in [0, 0.05) is 36.3 Å². The summed E-state index contributed by atoms with van der Waals surface area (Å²) in [5, 5.41) is 0.713. The number of esters is 1. The van der Waals surface area contributed by atoms with E-state index >= 15 is 0 Å². The van der Waals surface area contributed by atoms with Gasteiger partial charge in [0.2, 0.25) is 0 Å². The highest BCUT2D eigenvalue weighted by Crippen LogP contribution is 2.32. The summed E-state index contributed by atoms with van der Waals surface area (Å²) in [6.07, 6.45) is -0.781. The van der Waals surface area contributed by atoms with Crippen LogP contribution in [0.5, 0.6) is 5.75 Å². The Morgan fingerprint density at radius 3 is 2.53 bits per heavy atom. The number of carbonyl (C=O) groups excluding carboxylic acids is 1. The second kappa shape index (κ2) is 10.6. The summed E-state index contributed by atoms with van der Waals surface area (Å²) in [5.41, 5.74) is 2.49. The monoisotopic (exact) mass is 490 g/mol. The molecule has 3 aromatic rings. The van der Waals surface area contributed by atoms with E-state index in [0.29, 0.717) is 22.9 Å². The van der Waals surface area contributed by atoms with E-state index in [4.69, 9.17) is 9.47 Å². The maximum absolute atomic E-state index is 12.8. The van der Waals surface area contributed by atoms with Gasteiger partial charge in [0.25, 0.3) is 0 Å². The summed E-state index contributed by atoms with van der Waals surface area (Å²) in [4.78, 5) is 19.4. The van der Waals surface area contributed by atoms with Gasteiger partial charge in [-0.1, -0.05) is 18.2 Å². The molecule has 2 aromatic carbocycles. The molecule has 34 heavy (non-hydrogen) atoms.